The molecule has 3 aliphatic rings. The molecule has 14 nitrogen and oxygen atoms in total. The van der Waals surface area contributed by atoms with Crippen molar-refractivity contribution in [1.82, 2.24) is 50.1 Å². The normalized spacial score (nSPS) is 19.8. The van der Waals surface area contributed by atoms with Crippen LogP contribution in [0.1, 0.15) is 57.6 Å². The number of carbonyl (C=O) groups excluding carboxylic acids is 3. The Balaban J connectivity index is 1.04. The van der Waals surface area contributed by atoms with Gasteiger partial charge in [0.25, 0.3) is 0 Å². The Morgan fingerprint density at radius 2 is 1.82 bits per heavy atom. The van der Waals surface area contributed by atoms with Crippen LogP contribution in [0.25, 0.3) is 22.1 Å². The third kappa shape index (κ3) is 6.41. The Kier molecular flexibility index (Phi) is 8.56. The van der Waals surface area contributed by atoms with Crippen molar-refractivity contribution in [3.63, 3.8) is 0 Å². The molecule has 7 rings (SSSR count). The van der Waals surface area contributed by atoms with Gasteiger partial charge in [0.05, 0.1) is 23.3 Å². The first-order valence-corrected chi connectivity index (χ1v) is 17.3. The average Bonchev–Trinajstić information content (AvgIpc) is 3.85. The Bertz CT molecular complexity index is 1940. The summed E-state index contributed by atoms with van der Waals surface area (Å²) in [5.74, 6) is -0.0834. The Labute approximate surface area is 286 Å². The number of aromatic nitrogens is 5. The number of benzene rings is 1. The van der Waals surface area contributed by atoms with E-state index < -0.39 is 12.1 Å². The Morgan fingerprint density at radius 1 is 1.06 bits per heavy atom. The zero-order chi connectivity index (χ0) is 35.0. The Hall–Kier alpha value is -4.72. The summed E-state index contributed by atoms with van der Waals surface area (Å²) in [6, 6.07) is 6.25. The van der Waals surface area contributed by atoms with E-state index >= 15 is 0 Å². The lowest BCUT2D eigenvalue weighted by Gasteiger charge is -2.40. The summed E-state index contributed by atoms with van der Waals surface area (Å²) >= 11 is 0. The molecule has 0 bridgehead atoms. The molecule has 260 valence electrons. The van der Waals surface area contributed by atoms with Crippen LogP contribution in [-0.4, -0.2) is 116 Å². The number of hydrogen-bond donors (Lipinski definition) is 4. The van der Waals surface area contributed by atoms with E-state index in [9.17, 15) is 19.2 Å². The van der Waals surface area contributed by atoms with Crippen LogP contribution in [0.4, 0.5) is 4.79 Å². The van der Waals surface area contributed by atoms with E-state index in [1.54, 1.807) is 28.8 Å². The molecule has 2 atom stereocenters. The third-order valence-corrected chi connectivity index (χ3v) is 11.0. The minimum atomic E-state index is -0.764. The molecule has 0 radical (unpaired) electrons. The quantitative estimate of drug-likeness (QED) is 0.234. The van der Waals surface area contributed by atoms with Gasteiger partial charge in [-0.05, 0) is 87.7 Å². The van der Waals surface area contributed by atoms with Gasteiger partial charge in [-0.25, -0.2) is 14.6 Å². The van der Waals surface area contributed by atoms with Gasteiger partial charge >= 0.3 is 11.7 Å². The minimum absolute atomic E-state index is 0.00247. The smallest absolute Gasteiger partial charge is 0.327 e. The molecule has 14 heteroatoms. The van der Waals surface area contributed by atoms with E-state index in [0.717, 1.165) is 46.8 Å². The van der Waals surface area contributed by atoms with Crippen molar-refractivity contribution in [3.8, 4) is 0 Å². The number of aromatic amines is 2. The fraction of sp³-hybridized carbons (Fsp3) is 0.543. The predicted molar refractivity (Wildman–Crippen MR) is 185 cm³/mol. The van der Waals surface area contributed by atoms with Gasteiger partial charge in [0, 0.05) is 64.7 Å². The SMILES string of the molecule is [2H]CN[C@@H](C)C(=O)N1CCC2(CC1)CCN(C(=O)[C@H](Cc1cc(C)c3[nH]ncc3c1)NC(=O)N1CCC(n3c(=O)[nH]c4ncccc43)CC1)C2. The summed E-state index contributed by atoms with van der Waals surface area (Å²) < 4.78 is 9.12. The molecule has 4 N–H and O–H groups in total. The summed E-state index contributed by atoms with van der Waals surface area (Å²) in [5, 5.41) is 14.2. The number of urea groups is 1. The first kappa shape index (κ1) is 31.5. The molecule has 3 saturated heterocycles. The molecule has 1 aromatic carbocycles. The fourth-order valence-electron chi connectivity index (χ4n) is 8.07. The summed E-state index contributed by atoms with van der Waals surface area (Å²) in [4.78, 5) is 66.4. The van der Waals surface area contributed by atoms with Crippen LogP contribution in [0, 0.1) is 12.3 Å². The molecule has 6 heterocycles. The number of likely N-dealkylation sites (tertiary alicyclic amines) is 3. The number of nitrogens with zero attached hydrogens (tertiary/aromatic N) is 6. The number of pyridine rings is 1. The summed E-state index contributed by atoms with van der Waals surface area (Å²) in [7, 11) is -0.00247. The van der Waals surface area contributed by atoms with Crippen LogP contribution in [0.5, 0.6) is 0 Å². The van der Waals surface area contributed by atoms with E-state index in [-0.39, 0.29) is 42.0 Å². The highest BCUT2D eigenvalue weighted by Crippen LogP contribution is 2.41. The lowest BCUT2D eigenvalue weighted by molar-refractivity contribution is -0.136. The van der Waals surface area contributed by atoms with Crippen LogP contribution < -0.4 is 16.3 Å². The molecule has 0 aliphatic carbocycles. The number of fused-ring (bicyclic) bond motifs is 2. The number of aryl methyl sites for hydroxylation is 1. The van der Waals surface area contributed by atoms with Crippen molar-refractivity contribution < 1.29 is 15.8 Å². The van der Waals surface area contributed by atoms with Crippen LogP contribution in [0.3, 0.4) is 0 Å². The summed E-state index contributed by atoms with van der Waals surface area (Å²) in [6.07, 6.45) is 7.46. The monoisotopic (exact) mass is 671 g/mol. The second-order valence-corrected chi connectivity index (χ2v) is 14.1. The van der Waals surface area contributed by atoms with Gasteiger partial charge in [-0.3, -0.25) is 24.2 Å². The van der Waals surface area contributed by atoms with Gasteiger partial charge in [0.1, 0.15) is 6.04 Å². The summed E-state index contributed by atoms with van der Waals surface area (Å²) in [6.45, 7) is 7.17. The van der Waals surface area contributed by atoms with Crippen molar-refractivity contribution in [2.24, 2.45) is 5.41 Å². The number of H-pyrrole nitrogens is 2. The van der Waals surface area contributed by atoms with E-state index in [4.69, 9.17) is 1.37 Å². The first-order chi connectivity index (χ1) is 24.1. The zero-order valence-corrected chi connectivity index (χ0v) is 28.2. The van der Waals surface area contributed by atoms with E-state index in [1.165, 1.54) is 0 Å². The lowest BCUT2D eigenvalue weighted by atomic mass is 9.77. The van der Waals surface area contributed by atoms with Gasteiger partial charge in [-0.15, -0.1) is 0 Å². The first-order valence-electron chi connectivity index (χ1n) is 18.0. The molecule has 1 spiro atoms. The van der Waals surface area contributed by atoms with E-state index in [2.05, 4.69) is 30.8 Å². The maximum atomic E-state index is 14.3. The molecular formula is C35H46N10O4. The van der Waals surface area contributed by atoms with Crippen LogP contribution in [0.15, 0.2) is 41.5 Å². The van der Waals surface area contributed by atoms with Crippen LogP contribution in [-0.2, 0) is 16.0 Å². The summed E-state index contributed by atoms with van der Waals surface area (Å²) in [5.41, 5.74) is 3.96. The number of likely N-dealkylation sites (N-methyl/N-ethyl adjacent to an activating group) is 1. The van der Waals surface area contributed by atoms with Crippen molar-refractivity contribution in [2.75, 3.05) is 46.3 Å². The van der Waals surface area contributed by atoms with E-state index in [0.29, 0.717) is 64.2 Å². The van der Waals surface area contributed by atoms with Crippen molar-refractivity contribution in [3.05, 3.63) is 58.3 Å². The molecule has 3 aliphatic heterocycles. The lowest BCUT2D eigenvalue weighted by Crippen LogP contribution is -2.54. The fourth-order valence-corrected chi connectivity index (χ4v) is 8.07. The number of piperidine rings is 2. The molecule has 49 heavy (non-hydrogen) atoms. The number of imidazole rings is 1. The van der Waals surface area contributed by atoms with Gasteiger partial charge in [0.2, 0.25) is 11.8 Å². The van der Waals surface area contributed by atoms with Gasteiger partial charge in [0.15, 0.2) is 5.65 Å². The predicted octanol–water partition coefficient (Wildman–Crippen LogP) is 2.32. The second kappa shape index (κ2) is 13.3. The van der Waals surface area contributed by atoms with Gasteiger partial charge in [-0.2, -0.15) is 5.10 Å². The maximum Gasteiger partial charge on any atom is 0.327 e. The molecule has 4 amide bonds. The molecule has 3 aromatic heterocycles. The number of nitrogens with one attached hydrogen (secondary N) is 4. The molecule has 0 unspecified atom stereocenters. The number of carbonyl (C=O) groups is 3. The second-order valence-electron chi connectivity index (χ2n) is 14.1. The topological polar surface area (TPSA) is 164 Å². The minimum Gasteiger partial charge on any atom is -0.341 e. The molecule has 3 fully saturated rings. The van der Waals surface area contributed by atoms with E-state index in [1.807, 2.05) is 41.0 Å². The highest BCUT2D eigenvalue weighted by molar-refractivity contribution is 5.88. The molecule has 4 aromatic rings. The number of hydrogen-bond acceptors (Lipinski definition) is 7. The van der Waals surface area contributed by atoms with Crippen LogP contribution >= 0.6 is 0 Å². The zero-order valence-electron chi connectivity index (χ0n) is 29.2. The van der Waals surface area contributed by atoms with Gasteiger partial charge < -0.3 is 25.3 Å². The number of amides is 4. The third-order valence-electron chi connectivity index (χ3n) is 11.0. The molecular weight excluding hydrogens is 624 g/mol. The number of rotatable bonds is 7. The molecule has 0 saturated carbocycles. The van der Waals surface area contributed by atoms with Crippen molar-refractivity contribution in [1.29, 1.82) is 0 Å². The largest absolute Gasteiger partial charge is 0.341 e. The Morgan fingerprint density at radius 3 is 2.57 bits per heavy atom. The standard InChI is InChI=1S/C35H46N10O4/c1-22-17-24(18-25-20-38-41-29(22)25)19-27(32(47)44-16-10-35(21-44)8-14-42(15-9-35)31(46)23(2)36-3)39-33(48)43-12-6-26(7-13-43)45-28-5-4-11-37-30(28)40-34(45)49/h4-5,11,17-18,20,23,26-27,36H,6-10,12-16,19,21H2,1-3H3,(H,38,41)(H,39,48)(H,37,40,49)/t23-,27-/m0/s1/i3D. The van der Waals surface area contributed by atoms with Crippen molar-refractivity contribution >= 4 is 39.9 Å². The van der Waals surface area contributed by atoms with Crippen LogP contribution in [0.2, 0.25) is 0 Å². The highest BCUT2D eigenvalue weighted by Gasteiger charge is 2.44. The maximum absolute atomic E-state index is 14.3. The van der Waals surface area contributed by atoms with Crippen molar-refractivity contribution in [2.45, 2.75) is 70.5 Å². The average molecular weight is 672 g/mol. The highest BCUT2D eigenvalue weighted by atomic mass is 16.2. The van der Waals surface area contributed by atoms with Gasteiger partial charge in [-0.1, -0.05) is 6.07 Å².